The minimum atomic E-state index is -0.198. The molecule has 2 rings (SSSR count). The first-order valence-electron chi connectivity index (χ1n) is 3.68. The van der Waals surface area contributed by atoms with Crippen molar-refractivity contribution in [2.75, 3.05) is 5.75 Å². The van der Waals surface area contributed by atoms with Gasteiger partial charge in [0.05, 0.1) is 10.3 Å². The minimum Gasteiger partial charge on any atom is -0.388 e. The van der Waals surface area contributed by atoms with Crippen LogP contribution in [0.25, 0.3) is 0 Å². The molecule has 1 aliphatic heterocycles. The van der Waals surface area contributed by atoms with Crippen molar-refractivity contribution >= 4 is 23.1 Å². The maximum absolute atomic E-state index is 9.57. The fourth-order valence-electron chi connectivity index (χ4n) is 1.28. The van der Waals surface area contributed by atoms with Crippen molar-refractivity contribution in [1.29, 1.82) is 0 Å². The predicted molar refractivity (Wildman–Crippen MR) is 49.4 cm³/mol. The summed E-state index contributed by atoms with van der Waals surface area (Å²) in [4.78, 5) is 1.31. The second-order valence-corrected chi connectivity index (χ2v) is 5.37. The largest absolute Gasteiger partial charge is 0.388 e. The summed E-state index contributed by atoms with van der Waals surface area (Å²) in [5, 5.41) is 9.57. The normalized spacial score (nSPS) is 23.3. The third-order valence-electron chi connectivity index (χ3n) is 1.83. The maximum Gasteiger partial charge on any atom is 0.0817 e. The Morgan fingerprint density at radius 2 is 2.45 bits per heavy atom. The number of aliphatic hydroxyl groups excluding tert-OH is 1. The van der Waals surface area contributed by atoms with Crippen molar-refractivity contribution in [2.45, 2.75) is 23.7 Å². The lowest BCUT2D eigenvalue weighted by molar-refractivity contribution is 0.171. The molecule has 2 heterocycles. The van der Waals surface area contributed by atoms with Gasteiger partial charge in [-0.2, -0.15) is 0 Å². The van der Waals surface area contributed by atoms with Crippen molar-refractivity contribution in [1.82, 2.24) is 0 Å². The van der Waals surface area contributed by atoms with E-state index in [0.29, 0.717) is 0 Å². The average molecular weight is 186 g/mol. The molecule has 1 aromatic heterocycles. The molecule has 11 heavy (non-hydrogen) atoms. The molecule has 0 aromatic carbocycles. The quantitative estimate of drug-likeness (QED) is 0.672. The molecule has 0 bridgehead atoms. The van der Waals surface area contributed by atoms with Crippen molar-refractivity contribution in [2.24, 2.45) is 0 Å². The molecule has 1 aliphatic rings. The Morgan fingerprint density at radius 1 is 1.64 bits per heavy atom. The zero-order chi connectivity index (χ0) is 7.84. The molecule has 0 radical (unpaired) electrons. The molecule has 3 heteroatoms. The topological polar surface area (TPSA) is 20.2 Å². The highest BCUT2D eigenvalue weighted by Gasteiger charge is 2.20. The molecule has 1 N–H and O–H groups in total. The van der Waals surface area contributed by atoms with Crippen molar-refractivity contribution < 1.29 is 5.11 Å². The van der Waals surface area contributed by atoms with Crippen LogP contribution in [0.3, 0.4) is 0 Å². The lowest BCUT2D eigenvalue weighted by Crippen LogP contribution is -2.02. The van der Waals surface area contributed by atoms with Crippen LogP contribution in [0.2, 0.25) is 0 Å². The second kappa shape index (κ2) is 2.81. The van der Waals surface area contributed by atoms with Gasteiger partial charge in [-0.25, -0.2) is 0 Å². The Morgan fingerprint density at radius 3 is 3.18 bits per heavy atom. The van der Waals surface area contributed by atoms with Gasteiger partial charge in [-0.1, -0.05) is 0 Å². The van der Waals surface area contributed by atoms with Gasteiger partial charge in [0.2, 0.25) is 0 Å². The van der Waals surface area contributed by atoms with Gasteiger partial charge in [0.15, 0.2) is 0 Å². The number of thiophene rings is 1. The van der Waals surface area contributed by atoms with Gasteiger partial charge in [-0.3, -0.25) is 0 Å². The zero-order valence-electron chi connectivity index (χ0n) is 6.33. The summed E-state index contributed by atoms with van der Waals surface area (Å²) in [6.07, 6.45) is 0.713. The van der Waals surface area contributed by atoms with Gasteiger partial charge in [-0.05, 0) is 19.4 Å². The number of hydrogen-bond donors (Lipinski definition) is 1. The van der Waals surface area contributed by atoms with Crippen molar-refractivity contribution in [3.8, 4) is 0 Å². The van der Waals surface area contributed by atoms with E-state index in [0.717, 1.165) is 17.7 Å². The van der Waals surface area contributed by atoms with Gasteiger partial charge in [0.1, 0.15) is 0 Å². The summed E-state index contributed by atoms with van der Waals surface area (Å²) in [6.45, 7) is 2.09. The van der Waals surface area contributed by atoms with Gasteiger partial charge in [0, 0.05) is 16.2 Å². The van der Waals surface area contributed by atoms with E-state index in [-0.39, 0.29) is 6.10 Å². The van der Waals surface area contributed by atoms with Crippen LogP contribution in [0.1, 0.15) is 23.0 Å². The standard InChI is InChI=1S/C8H10OS2/c1-5-4-6-7(9)2-3-10-8(6)11-5/h4,7,9H,2-3H2,1H3. The third kappa shape index (κ3) is 1.33. The van der Waals surface area contributed by atoms with Gasteiger partial charge < -0.3 is 5.11 Å². The Bertz CT molecular complexity index is 267. The highest BCUT2D eigenvalue weighted by atomic mass is 32.2. The SMILES string of the molecule is Cc1cc2c(s1)SCCC2O. The Hall–Kier alpha value is 0.01000. The van der Waals surface area contributed by atoms with Gasteiger partial charge in [-0.15, -0.1) is 23.1 Å². The van der Waals surface area contributed by atoms with E-state index in [2.05, 4.69) is 13.0 Å². The molecule has 1 nitrogen and oxygen atoms in total. The number of aliphatic hydroxyl groups is 1. The van der Waals surface area contributed by atoms with Crippen LogP contribution >= 0.6 is 23.1 Å². The highest BCUT2D eigenvalue weighted by molar-refractivity contribution is 8.01. The van der Waals surface area contributed by atoms with Crippen LogP contribution in [0.4, 0.5) is 0 Å². The molecule has 0 saturated heterocycles. The molecule has 1 unspecified atom stereocenters. The lowest BCUT2D eigenvalue weighted by Gasteiger charge is -2.15. The molecule has 60 valence electrons. The highest BCUT2D eigenvalue weighted by Crippen LogP contribution is 2.41. The molecule has 1 aromatic rings. The number of hydrogen-bond acceptors (Lipinski definition) is 3. The minimum absolute atomic E-state index is 0.198. The Kier molecular flexibility index (Phi) is 1.95. The zero-order valence-corrected chi connectivity index (χ0v) is 7.97. The van der Waals surface area contributed by atoms with Crippen LogP contribution in [-0.2, 0) is 0 Å². The summed E-state index contributed by atoms with van der Waals surface area (Å²) >= 11 is 3.67. The average Bonchev–Trinajstić information content (AvgIpc) is 2.31. The fourth-order valence-corrected chi connectivity index (χ4v) is 3.84. The summed E-state index contributed by atoms with van der Waals surface area (Å²) in [7, 11) is 0. The smallest absolute Gasteiger partial charge is 0.0817 e. The monoisotopic (exact) mass is 186 g/mol. The molecule has 0 spiro atoms. The van der Waals surface area contributed by atoms with E-state index < -0.39 is 0 Å². The number of fused-ring (bicyclic) bond motifs is 1. The van der Waals surface area contributed by atoms with Crippen molar-refractivity contribution in [3.05, 3.63) is 16.5 Å². The van der Waals surface area contributed by atoms with E-state index in [1.807, 2.05) is 11.8 Å². The molecule has 0 saturated carbocycles. The van der Waals surface area contributed by atoms with Crippen LogP contribution in [0.5, 0.6) is 0 Å². The number of thioether (sulfide) groups is 1. The van der Waals surface area contributed by atoms with E-state index in [9.17, 15) is 5.11 Å². The van der Waals surface area contributed by atoms with E-state index in [4.69, 9.17) is 0 Å². The Labute approximate surface area is 74.4 Å². The van der Waals surface area contributed by atoms with E-state index in [1.54, 1.807) is 11.3 Å². The number of aryl methyl sites for hydroxylation is 1. The molecule has 1 atom stereocenters. The second-order valence-electron chi connectivity index (χ2n) is 2.75. The Balaban J connectivity index is 2.43. The van der Waals surface area contributed by atoms with Crippen molar-refractivity contribution in [3.63, 3.8) is 0 Å². The maximum atomic E-state index is 9.57. The summed E-state index contributed by atoms with van der Waals surface area (Å²) in [5.41, 5.74) is 1.16. The first-order chi connectivity index (χ1) is 5.27. The third-order valence-corrected chi connectivity index (χ3v) is 4.23. The first-order valence-corrected chi connectivity index (χ1v) is 5.49. The fraction of sp³-hybridized carbons (Fsp3) is 0.500. The van der Waals surface area contributed by atoms with Crippen LogP contribution in [0, 0.1) is 6.92 Å². The molecular formula is C8H10OS2. The van der Waals surface area contributed by atoms with Gasteiger partial charge in [0.25, 0.3) is 0 Å². The van der Waals surface area contributed by atoms with Gasteiger partial charge >= 0.3 is 0 Å². The van der Waals surface area contributed by atoms with Crippen LogP contribution < -0.4 is 0 Å². The molecule has 0 fully saturated rings. The van der Waals surface area contributed by atoms with E-state index in [1.165, 1.54) is 9.09 Å². The molecular weight excluding hydrogens is 176 g/mol. The van der Waals surface area contributed by atoms with E-state index >= 15 is 0 Å². The first kappa shape index (κ1) is 7.65. The molecule has 0 aliphatic carbocycles. The predicted octanol–water partition coefficient (Wildman–Crippen LogP) is 2.59. The van der Waals surface area contributed by atoms with Crippen LogP contribution in [-0.4, -0.2) is 10.9 Å². The molecule has 0 amide bonds. The number of rotatable bonds is 0. The van der Waals surface area contributed by atoms with Crippen LogP contribution in [0.15, 0.2) is 10.3 Å². The summed E-state index contributed by atoms with van der Waals surface area (Å²) < 4.78 is 1.32. The summed E-state index contributed by atoms with van der Waals surface area (Å²) in [6, 6.07) is 2.11. The lowest BCUT2D eigenvalue weighted by atomic mass is 10.1. The summed E-state index contributed by atoms with van der Waals surface area (Å²) in [5.74, 6) is 1.06.